The summed E-state index contributed by atoms with van der Waals surface area (Å²) in [5.74, 6) is 0. The molecule has 3 heteroatoms. The van der Waals surface area contributed by atoms with Gasteiger partial charge in [0.1, 0.15) is 0 Å². The summed E-state index contributed by atoms with van der Waals surface area (Å²) in [7, 11) is 0. The normalized spacial score (nSPS) is 15.3. The van der Waals surface area contributed by atoms with Gasteiger partial charge in [-0.25, -0.2) is 0 Å². The molecular formula is C59H40N2S. The maximum atomic E-state index is 9.76. The lowest BCUT2D eigenvalue weighted by Gasteiger charge is -2.34. The first kappa shape index (κ1) is 31.2. The molecule has 0 radical (unpaired) electrons. The lowest BCUT2D eigenvalue weighted by atomic mass is 9.67. The number of fused-ring (bicyclic) bond motifs is 7. The molecular weight excluding hydrogens is 769 g/mol. The van der Waals surface area contributed by atoms with Crippen LogP contribution < -0.4 is 9.80 Å². The van der Waals surface area contributed by atoms with Crippen LogP contribution in [0.3, 0.4) is 0 Å². The molecule has 1 unspecified atom stereocenters. The minimum atomic E-state index is -1.33. The van der Waals surface area contributed by atoms with Gasteiger partial charge in [-0.15, -0.1) is 11.3 Å². The molecule has 0 saturated heterocycles. The van der Waals surface area contributed by atoms with E-state index in [4.69, 9.17) is 4.11 Å². The van der Waals surface area contributed by atoms with Crippen molar-refractivity contribution in [2.45, 2.75) is 5.41 Å². The molecule has 0 N–H and O–H groups in total. The zero-order valence-corrected chi connectivity index (χ0v) is 34.3. The second-order valence-electron chi connectivity index (χ2n) is 15.7. The molecule has 0 bridgehead atoms. The topological polar surface area (TPSA) is 6.48 Å². The first-order valence-electron chi connectivity index (χ1n) is 23.3. The maximum Gasteiger partial charge on any atom is 0.0714 e. The number of hydrogen-bond donors (Lipinski definition) is 0. The predicted octanol–water partition coefficient (Wildman–Crippen LogP) is 16.5. The standard InChI is InChI=1S/C59H40N2S/c1-5-19-43(20-6-1)59(44-30-34-52-51-27-15-16-28-57(51)62-58(52)38-44)55-35-32-49(60(45-21-7-2-8-22-45)46-23-9-3-10-24-46)39-53(55)54-40-50(33-36-56(54)59)61(47-25-11-4-12-26-47)48-31-29-41-17-13-14-18-42(41)37-48/h1-40H/i1D,5D,6D,19D,20D. The first-order valence-corrected chi connectivity index (χ1v) is 21.7. The maximum absolute atomic E-state index is 9.76. The Hall–Kier alpha value is -7.72. The zero-order chi connectivity index (χ0) is 45.4. The van der Waals surface area contributed by atoms with Gasteiger partial charge in [0.25, 0.3) is 0 Å². The molecule has 2 nitrogen and oxygen atoms in total. The van der Waals surface area contributed by atoms with Gasteiger partial charge < -0.3 is 9.80 Å². The highest BCUT2D eigenvalue weighted by molar-refractivity contribution is 7.25. The molecule has 0 amide bonds. The number of benzene rings is 10. The van der Waals surface area contributed by atoms with E-state index >= 15 is 0 Å². The summed E-state index contributed by atoms with van der Waals surface area (Å²) in [4.78, 5) is 4.51. The van der Waals surface area contributed by atoms with Crippen LogP contribution in [0.5, 0.6) is 0 Å². The average molecular weight is 814 g/mol. The van der Waals surface area contributed by atoms with Crippen LogP contribution in [0.4, 0.5) is 34.1 Å². The van der Waals surface area contributed by atoms with Crippen LogP contribution in [-0.2, 0) is 5.41 Å². The smallest absolute Gasteiger partial charge is 0.0714 e. The highest BCUT2D eigenvalue weighted by Crippen LogP contribution is 2.59. The number of para-hydroxylation sites is 3. The number of nitrogens with zero attached hydrogens (tertiary/aromatic N) is 2. The second kappa shape index (κ2) is 14.8. The molecule has 1 aliphatic rings. The number of hydrogen-bond acceptors (Lipinski definition) is 3. The Balaban J connectivity index is 1.20. The minimum absolute atomic E-state index is 0.219. The van der Waals surface area contributed by atoms with Crippen molar-refractivity contribution in [1.29, 1.82) is 0 Å². The van der Waals surface area contributed by atoms with Crippen molar-refractivity contribution in [1.82, 2.24) is 0 Å². The van der Waals surface area contributed by atoms with Crippen LogP contribution in [-0.4, -0.2) is 0 Å². The van der Waals surface area contributed by atoms with E-state index in [1.807, 2.05) is 54.6 Å². The van der Waals surface area contributed by atoms with Crippen molar-refractivity contribution in [2.75, 3.05) is 9.80 Å². The highest BCUT2D eigenvalue weighted by atomic mass is 32.1. The average Bonchev–Trinajstić information content (AvgIpc) is 3.89. The van der Waals surface area contributed by atoms with Crippen LogP contribution in [0, 0.1) is 0 Å². The molecule has 1 aromatic heterocycles. The van der Waals surface area contributed by atoms with Gasteiger partial charge in [0.2, 0.25) is 0 Å². The van der Waals surface area contributed by atoms with Crippen LogP contribution in [0.1, 0.15) is 29.1 Å². The first-order chi connectivity index (χ1) is 32.8. The molecule has 62 heavy (non-hydrogen) atoms. The molecule has 0 spiro atoms. The summed E-state index contributed by atoms with van der Waals surface area (Å²) in [6, 6.07) is 72.0. The highest BCUT2D eigenvalue weighted by Gasteiger charge is 2.47. The third-order valence-corrected chi connectivity index (χ3v) is 13.5. The Morgan fingerprint density at radius 2 is 0.855 bits per heavy atom. The fourth-order valence-electron chi connectivity index (χ4n) is 9.65. The lowest BCUT2D eigenvalue weighted by molar-refractivity contribution is 0.770. The van der Waals surface area contributed by atoms with Crippen molar-refractivity contribution < 1.29 is 6.85 Å². The third-order valence-electron chi connectivity index (χ3n) is 12.3. The summed E-state index contributed by atoms with van der Waals surface area (Å²) in [6.07, 6.45) is 0. The molecule has 12 rings (SSSR count). The van der Waals surface area contributed by atoms with Crippen molar-refractivity contribution in [3.05, 3.63) is 265 Å². The molecule has 10 aromatic carbocycles. The van der Waals surface area contributed by atoms with E-state index in [2.05, 4.69) is 168 Å². The lowest BCUT2D eigenvalue weighted by Crippen LogP contribution is -2.28. The van der Waals surface area contributed by atoms with Gasteiger partial charge in [0.05, 0.1) is 12.3 Å². The molecule has 0 fully saturated rings. The monoisotopic (exact) mass is 813 g/mol. The Morgan fingerprint density at radius 3 is 1.48 bits per heavy atom. The van der Waals surface area contributed by atoms with E-state index in [1.54, 1.807) is 11.3 Å². The molecule has 292 valence electrons. The summed E-state index contributed by atoms with van der Waals surface area (Å²) in [6.45, 7) is 0. The minimum Gasteiger partial charge on any atom is -0.310 e. The number of thiophene rings is 1. The Kier molecular flexibility index (Phi) is 7.43. The summed E-state index contributed by atoms with van der Waals surface area (Å²) < 4.78 is 48.7. The van der Waals surface area contributed by atoms with Crippen molar-refractivity contribution in [3.8, 4) is 11.1 Å². The molecule has 1 atom stereocenters. The Morgan fingerprint density at radius 1 is 0.355 bits per heavy atom. The van der Waals surface area contributed by atoms with Gasteiger partial charge in [0.15, 0.2) is 0 Å². The molecule has 0 aliphatic heterocycles. The fraction of sp³-hybridized carbons (Fsp3) is 0.0169. The zero-order valence-electron chi connectivity index (χ0n) is 38.5. The van der Waals surface area contributed by atoms with Crippen LogP contribution in [0.15, 0.2) is 243 Å². The number of anilines is 6. The van der Waals surface area contributed by atoms with Gasteiger partial charge >= 0.3 is 0 Å². The van der Waals surface area contributed by atoms with Crippen molar-refractivity contribution in [2.24, 2.45) is 0 Å². The van der Waals surface area contributed by atoms with Gasteiger partial charge in [-0.05, 0) is 129 Å². The molecule has 1 aliphatic carbocycles. The SMILES string of the molecule is [2H]c1c([2H])c([2H])c(C2(c3ccc4c(c3)sc3ccccc34)c3ccc(N(c4ccccc4)c4ccccc4)cc3-c3cc(N(c4ccccc4)c4ccc5ccccc5c4)ccc32)c([2H])c1[2H]. The Labute approximate surface area is 372 Å². The van der Waals surface area contributed by atoms with Crippen LogP contribution in [0.25, 0.3) is 42.1 Å². The van der Waals surface area contributed by atoms with Crippen LogP contribution in [0.2, 0.25) is 0 Å². The van der Waals surface area contributed by atoms with Gasteiger partial charge in [0, 0.05) is 54.3 Å². The second-order valence-corrected chi connectivity index (χ2v) is 16.8. The summed E-state index contributed by atoms with van der Waals surface area (Å²) >= 11 is 1.70. The quantitative estimate of drug-likeness (QED) is 0.151. The van der Waals surface area contributed by atoms with Crippen molar-refractivity contribution >= 4 is 76.4 Å². The third kappa shape index (κ3) is 5.78. The van der Waals surface area contributed by atoms with Gasteiger partial charge in [-0.1, -0.05) is 158 Å². The van der Waals surface area contributed by atoms with Gasteiger partial charge in [-0.3, -0.25) is 0 Å². The van der Waals surface area contributed by atoms with E-state index < -0.39 is 11.5 Å². The van der Waals surface area contributed by atoms with E-state index in [9.17, 15) is 2.74 Å². The van der Waals surface area contributed by atoms with Crippen LogP contribution >= 0.6 is 11.3 Å². The summed E-state index contributed by atoms with van der Waals surface area (Å²) in [5.41, 5.74) is 8.96. The predicted molar refractivity (Wildman–Crippen MR) is 264 cm³/mol. The molecule has 0 saturated carbocycles. The molecule has 1 heterocycles. The Bertz CT molecular complexity index is 3660. The number of rotatable bonds is 8. The summed E-state index contributed by atoms with van der Waals surface area (Å²) in [5, 5.41) is 4.54. The van der Waals surface area contributed by atoms with E-state index in [-0.39, 0.29) is 29.7 Å². The van der Waals surface area contributed by atoms with E-state index in [0.717, 1.165) is 92.9 Å². The fourth-order valence-corrected chi connectivity index (χ4v) is 10.8. The van der Waals surface area contributed by atoms with Gasteiger partial charge in [-0.2, -0.15) is 0 Å². The van der Waals surface area contributed by atoms with E-state index in [0.29, 0.717) is 0 Å². The molecule has 11 aromatic rings. The largest absolute Gasteiger partial charge is 0.310 e. The van der Waals surface area contributed by atoms with Crippen molar-refractivity contribution in [3.63, 3.8) is 0 Å². The van der Waals surface area contributed by atoms with E-state index in [1.165, 1.54) is 0 Å².